The third kappa shape index (κ3) is 3.86. The van der Waals surface area contributed by atoms with E-state index in [2.05, 4.69) is 56.2 Å². The van der Waals surface area contributed by atoms with E-state index >= 15 is 0 Å². The summed E-state index contributed by atoms with van der Waals surface area (Å²) in [5, 5.41) is 2.12. The van der Waals surface area contributed by atoms with Crippen molar-refractivity contribution in [1.29, 1.82) is 0 Å². The maximum Gasteiger partial charge on any atom is 0.158 e. The van der Waals surface area contributed by atoms with E-state index in [0.717, 1.165) is 48.0 Å². The number of nitrogens with zero attached hydrogens (tertiary/aromatic N) is 2. The van der Waals surface area contributed by atoms with Crippen LogP contribution in [0.3, 0.4) is 0 Å². The van der Waals surface area contributed by atoms with Crippen molar-refractivity contribution >= 4 is 48.9 Å². The van der Waals surface area contributed by atoms with Gasteiger partial charge in [0.15, 0.2) is 16.6 Å². The Morgan fingerprint density at radius 3 is 2.48 bits per heavy atom. The van der Waals surface area contributed by atoms with Crippen LogP contribution in [0.2, 0.25) is 0 Å². The van der Waals surface area contributed by atoms with Gasteiger partial charge in [-0.2, -0.15) is 0 Å². The van der Waals surface area contributed by atoms with E-state index in [1.807, 2.05) is 62.1 Å². The first-order valence-corrected chi connectivity index (χ1v) is 12.2. The summed E-state index contributed by atoms with van der Waals surface area (Å²) in [4.78, 5) is 8.61. The van der Waals surface area contributed by atoms with Gasteiger partial charge in [-0.3, -0.25) is 0 Å². The fourth-order valence-electron chi connectivity index (χ4n) is 3.77. The minimum Gasteiger partial charge on any atom is -0.361 e. The third-order valence-corrected chi connectivity index (χ3v) is 7.08. The van der Waals surface area contributed by atoms with E-state index in [9.17, 15) is 4.21 Å². The average Bonchev–Trinajstić information content (AvgIpc) is 3.36. The molecule has 4 nitrogen and oxygen atoms in total. The lowest BCUT2D eigenvalue weighted by Crippen LogP contribution is -2.07. The topological polar surface area (TPSA) is 50.7 Å². The molecule has 0 spiro atoms. The number of rotatable bonds is 3. The highest BCUT2D eigenvalue weighted by Crippen LogP contribution is 2.37. The van der Waals surface area contributed by atoms with Crippen LogP contribution in [0.4, 0.5) is 0 Å². The molecule has 3 aromatic heterocycles. The Bertz CT molecular complexity index is 1400. The normalized spacial score (nSPS) is 12.0. The number of aromatic amines is 1. The van der Waals surface area contributed by atoms with E-state index in [-0.39, 0.29) is 0 Å². The van der Waals surface area contributed by atoms with Gasteiger partial charge in [-0.25, -0.2) is 13.2 Å². The number of nitrogens with one attached hydrogen (secondary N) is 1. The van der Waals surface area contributed by atoms with Crippen LogP contribution < -0.4 is 0 Å². The molecular weight excluding hydrogens is 470 g/mol. The van der Waals surface area contributed by atoms with Crippen molar-refractivity contribution < 1.29 is 4.21 Å². The van der Waals surface area contributed by atoms with Crippen molar-refractivity contribution in [3.63, 3.8) is 0 Å². The Kier molecular flexibility index (Phi) is 6.12. The number of pyridine rings is 1. The highest BCUT2D eigenvalue weighted by atomic mass is 79.9. The number of hydrogen-bond acceptors (Lipinski definition) is 2. The molecule has 0 saturated carbocycles. The molecule has 31 heavy (non-hydrogen) atoms. The highest BCUT2D eigenvalue weighted by molar-refractivity contribution is 9.10. The van der Waals surface area contributed by atoms with Gasteiger partial charge in [0.2, 0.25) is 0 Å². The van der Waals surface area contributed by atoms with E-state index in [1.54, 1.807) is 6.20 Å². The largest absolute Gasteiger partial charge is 0.361 e. The Morgan fingerprint density at radius 1 is 1.00 bits per heavy atom. The zero-order valence-electron chi connectivity index (χ0n) is 17.9. The number of halogens is 1. The fourth-order valence-corrected chi connectivity index (χ4v) is 5.32. The van der Waals surface area contributed by atoms with Crippen molar-refractivity contribution in [2.45, 2.75) is 32.6 Å². The maximum atomic E-state index is 13.5. The summed E-state index contributed by atoms with van der Waals surface area (Å²) in [6.45, 7) is 8.04. The molecule has 5 aromatic rings. The lowest BCUT2D eigenvalue weighted by Gasteiger charge is -2.08. The number of aromatic nitrogens is 3. The number of fused-ring (bicyclic) bond motifs is 2. The zero-order chi connectivity index (χ0) is 22.1. The van der Waals surface area contributed by atoms with Gasteiger partial charge < -0.3 is 4.98 Å². The second-order valence-electron chi connectivity index (χ2n) is 7.12. The summed E-state index contributed by atoms with van der Waals surface area (Å²) in [7, 11) is -1.39. The molecule has 5 rings (SSSR count). The molecule has 0 amide bonds. The Labute approximate surface area is 193 Å². The van der Waals surface area contributed by atoms with Crippen molar-refractivity contribution in [2.24, 2.45) is 0 Å². The highest BCUT2D eigenvalue weighted by Gasteiger charge is 2.21. The first-order valence-electron chi connectivity index (χ1n) is 10.3. The van der Waals surface area contributed by atoms with E-state index in [0.29, 0.717) is 5.65 Å². The van der Waals surface area contributed by atoms with Gasteiger partial charge in [0.05, 0.1) is 4.90 Å². The van der Waals surface area contributed by atoms with Gasteiger partial charge in [0, 0.05) is 39.0 Å². The van der Waals surface area contributed by atoms with Crippen LogP contribution in [0.15, 0.2) is 76.4 Å². The van der Waals surface area contributed by atoms with Crippen LogP contribution in [0.1, 0.15) is 25.1 Å². The van der Waals surface area contributed by atoms with Gasteiger partial charge in [0.1, 0.15) is 0 Å². The molecule has 0 aliphatic carbocycles. The Morgan fingerprint density at radius 2 is 1.74 bits per heavy atom. The molecule has 0 aliphatic heterocycles. The third-order valence-electron chi connectivity index (χ3n) is 5.19. The molecule has 2 aromatic carbocycles. The van der Waals surface area contributed by atoms with Crippen molar-refractivity contribution in [2.75, 3.05) is 0 Å². The smallest absolute Gasteiger partial charge is 0.158 e. The minimum absolute atomic E-state index is 0.716. The number of aryl methyl sites for hydroxylation is 1. The summed E-state index contributed by atoms with van der Waals surface area (Å²) < 4.78 is 16.2. The number of benzene rings is 2. The van der Waals surface area contributed by atoms with Crippen LogP contribution in [0, 0.1) is 13.8 Å². The molecule has 1 atom stereocenters. The molecule has 1 unspecified atom stereocenters. The first-order chi connectivity index (χ1) is 15.0. The van der Waals surface area contributed by atoms with Crippen LogP contribution in [-0.2, 0) is 11.0 Å². The summed E-state index contributed by atoms with van der Waals surface area (Å²) in [6, 6.07) is 18.3. The van der Waals surface area contributed by atoms with Crippen LogP contribution in [-0.4, -0.2) is 18.1 Å². The molecule has 158 valence electrons. The Hall–Kier alpha value is -2.70. The van der Waals surface area contributed by atoms with Crippen LogP contribution in [0.25, 0.3) is 33.1 Å². The summed E-state index contributed by atoms with van der Waals surface area (Å²) in [5.41, 5.74) is 6.02. The molecule has 0 saturated heterocycles. The molecule has 0 fully saturated rings. The minimum atomic E-state index is -1.39. The molecule has 0 radical (unpaired) electrons. The van der Waals surface area contributed by atoms with Crippen molar-refractivity contribution in [3.8, 4) is 11.1 Å². The predicted octanol–water partition coefficient (Wildman–Crippen LogP) is 7.16. The average molecular weight is 494 g/mol. The lowest BCUT2D eigenvalue weighted by atomic mass is 10.0. The van der Waals surface area contributed by atoms with Crippen LogP contribution >= 0.6 is 15.9 Å². The molecule has 3 heterocycles. The fraction of sp³-hybridized carbons (Fsp3) is 0.160. The van der Waals surface area contributed by atoms with E-state index in [1.165, 1.54) is 0 Å². The van der Waals surface area contributed by atoms with Gasteiger partial charge in [0.25, 0.3) is 0 Å². The first kappa shape index (κ1) is 21.5. The molecule has 6 heteroatoms. The van der Waals surface area contributed by atoms with Gasteiger partial charge in [-0.05, 0) is 77.1 Å². The van der Waals surface area contributed by atoms with Crippen molar-refractivity contribution in [1.82, 2.24) is 13.9 Å². The summed E-state index contributed by atoms with van der Waals surface area (Å²) in [6.07, 6.45) is 3.69. The predicted molar refractivity (Wildman–Crippen MR) is 134 cm³/mol. The molecule has 1 N–H and O–H groups in total. The molecule has 0 aliphatic rings. The molecule has 0 bridgehead atoms. The van der Waals surface area contributed by atoms with Crippen molar-refractivity contribution in [3.05, 3.63) is 82.7 Å². The second kappa shape index (κ2) is 8.81. The van der Waals surface area contributed by atoms with Gasteiger partial charge >= 0.3 is 0 Å². The lowest BCUT2D eigenvalue weighted by molar-refractivity contribution is 0.677. The summed E-state index contributed by atoms with van der Waals surface area (Å²) >= 11 is 3.54. The Balaban J connectivity index is 0.00000112. The van der Waals surface area contributed by atoms with Crippen LogP contribution in [0.5, 0.6) is 0 Å². The quantitative estimate of drug-likeness (QED) is 0.289. The number of hydrogen-bond donors (Lipinski definition) is 1. The summed E-state index contributed by atoms with van der Waals surface area (Å²) in [5.74, 6) is 0. The zero-order valence-corrected chi connectivity index (χ0v) is 20.3. The standard InChI is InChI=1S/C23H18BrN3OS.C2H6/c1-14-3-6-19(7-4-14)29(28)27-15(2)22(20-12-18(24)13-26-23(20)27)17-5-8-21-16(11-17)9-10-25-21;1-2/h3-13,25H,1-2H3;1-2H3. The molecular formula is C25H24BrN3OS. The number of H-pyrrole nitrogens is 1. The van der Waals surface area contributed by atoms with E-state index < -0.39 is 11.0 Å². The van der Waals surface area contributed by atoms with Gasteiger partial charge in [-0.1, -0.05) is 37.6 Å². The monoisotopic (exact) mass is 493 g/mol. The SMILES string of the molecule is CC.Cc1ccc(S(=O)n2c(C)c(-c3ccc4[nH]ccc4c3)c3cc(Br)cnc32)cc1. The van der Waals surface area contributed by atoms with Gasteiger partial charge in [-0.15, -0.1) is 0 Å². The second-order valence-corrected chi connectivity index (χ2v) is 9.37. The maximum absolute atomic E-state index is 13.5. The van der Waals surface area contributed by atoms with E-state index in [4.69, 9.17) is 0 Å².